The maximum Gasteiger partial charge on any atom is 0.228 e. The molecule has 1 atom stereocenters. The fourth-order valence-corrected chi connectivity index (χ4v) is 3.77. The van der Waals surface area contributed by atoms with Crippen LogP contribution in [0, 0.1) is 5.41 Å². The lowest BCUT2D eigenvalue weighted by Crippen LogP contribution is -2.37. The number of fused-ring (bicyclic) bond motifs is 1. The van der Waals surface area contributed by atoms with Crippen LogP contribution in [0.4, 0.5) is 0 Å². The molecule has 2 heterocycles. The Bertz CT molecular complexity index is 851. The van der Waals surface area contributed by atoms with Gasteiger partial charge in [0.15, 0.2) is 0 Å². The molecule has 0 bridgehead atoms. The molecule has 1 amide bonds. The Morgan fingerprint density at radius 1 is 1.42 bits per heavy atom. The third-order valence-corrected chi connectivity index (χ3v) is 5.68. The first-order valence-electron chi connectivity index (χ1n) is 8.90. The number of imidazole rings is 2. The van der Waals surface area contributed by atoms with Crippen LogP contribution >= 0.6 is 11.8 Å². The van der Waals surface area contributed by atoms with Crippen molar-refractivity contribution in [3.8, 4) is 0 Å². The fraction of sp³-hybridized carbons (Fsp3) is 0.421. The topological polar surface area (TPSA) is 75.6 Å². The molecule has 1 fully saturated rings. The molecule has 26 heavy (non-hydrogen) atoms. The average molecular weight is 369 g/mol. The van der Waals surface area contributed by atoms with E-state index in [1.807, 2.05) is 35.0 Å². The molecule has 4 rings (SSSR count). The van der Waals surface area contributed by atoms with E-state index >= 15 is 0 Å². The maximum absolute atomic E-state index is 13.0. The summed E-state index contributed by atoms with van der Waals surface area (Å²) in [6, 6.07) is 7.88. The van der Waals surface area contributed by atoms with E-state index in [0.717, 1.165) is 41.9 Å². The fourth-order valence-electron chi connectivity index (χ4n) is 3.30. The van der Waals surface area contributed by atoms with Crippen molar-refractivity contribution in [2.75, 3.05) is 12.0 Å². The van der Waals surface area contributed by atoms with E-state index in [1.54, 1.807) is 24.3 Å². The minimum Gasteiger partial charge on any atom is -0.346 e. The molecule has 3 aromatic rings. The number of para-hydroxylation sites is 2. The van der Waals surface area contributed by atoms with Gasteiger partial charge in [-0.25, -0.2) is 9.97 Å². The summed E-state index contributed by atoms with van der Waals surface area (Å²) in [5.74, 6) is 1.93. The van der Waals surface area contributed by atoms with Gasteiger partial charge in [-0.3, -0.25) is 4.79 Å². The second-order valence-electron chi connectivity index (χ2n) is 6.96. The molecule has 136 valence electrons. The summed E-state index contributed by atoms with van der Waals surface area (Å²) in [6.07, 6.45) is 10.2. The summed E-state index contributed by atoms with van der Waals surface area (Å²) < 4.78 is 1.99. The highest BCUT2D eigenvalue weighted by Gasteiger charge is 2.50. The van der Waals surface area contributed by atoms with Crippen molar-refractivity contribution in [3.63, 3.8) is 0 Å². The molecule has 1 aliphatic rings. The van der Waals surface area contributed by atoms with Gasteiger partial charge in [0.25, 0.3) is 0 Å². The molecule has 1 aromatic carbocycles. The molecule has 2 N–H and O–H groups in total. The van der Waals surface area contributed by atoms with Crippen LogP contribution in [0.1, 0.15) is 31.1 Å². The van der Waals surface area contributed by atoms with E-state index in [-0.39, 0.29) is 17.4 Å². The molecule has 2 aromatic heterocycles. The Morgan fingerprint density at radius 3 is 2.96 bits per heavy atom. The van der Waals surface area contributed by atoms with E-state index in [0.29, 0.717) is 6.54 Å². The molecular weight excluding hydrogens is 346 g/mol. The van der Waals surface area contributed by atoms with Crippen molar-refractivity contribution >= 4 is 28.7 Å². The normalized spacial score (nSPS) is 16.5. The Kier molecular flexibility index (Phi) is 4.72. The Labute approximate surface area is 156 Å². The highest BCUT2D eigenvalue weighted by molar-refractivity contribution is 7.98. The number of benzene rings is 1. The van der Waals surface area contributed by atoms with Crippen molar-refractivity contribution < 1.29 is 4.79 Å². The zero-order valence-corrected chi connectivity index (χ0v) is 15.6. The van der Waals surface area contributed by atoms with Gasteiger partial charge in [0, 0.05) is 18.9 Å². The second kappa shape index (κ2) is 7.15. The van der Waals surface area contributed by atoms with Gasteiger partial charge < -0.3 is 14.9 Å². The van der Waals surface area contributed by atoms with Crippen LogP contribution in [-0.4, -0.2) is 37.4 Å². The van der Waals surface area contributed by atoms with Crippen molar-refractivity contribution in [1.29, 1.82) is 0 Å². The zero-order valence-electron chi connectivity index (χ0n) is 14.8. The third-order valence-electron chi connectivity index (χ3n) is 5.03. The Hall–Kier alpha value is -2.28. The summed E-state index contributed by atoms with van der Waals surface area (Å²) in [6.45, 7) is 0.689. The quantitative estimate of drug-likeness (QED) is 0.640. The number of hydrogen-bond acceptors (Lipinski definition) is 4. The van der Waals surface area contributed by atoms with E-state index in [2.05, 4.69) is 21.5 Å². The van der Waals surface area contributed by atoms with Crippen molar-refractivity contribution in [2.45, 2.75) is 31.8 Å². The van der Waals surface area contributed by atoms with Gasteiger partial charge in [0.05, 0.1) is 28.8 Å². The van der Waals surface area contributed by atoms with Gasteiger partial charge in [-0.15, -0.1) is 0 Å². The van der Waals surface area contributed by atoms with E-state index < -0.39 is 0 Å². The third kappa shape index (κ3) is 3.49. The number of carbonyl (C=O) groups excluding carboxylic acids is 1. The van der Waals surface area contributed by atoms with E-state index in [4.69, 9.17) is 4.98 Å². The summed E-state index contributed by atoms with van der Waals surface area (Å²) in [7, 11) is 0. The first-order valence-corrected chi connectivity index (χ1v) is 10.3. The van der Waals surface area contributed by atoms with Gasteiger partial charge in [-0.1, -0.05) is 12.1 Å². The maximum atomic E-state index is 13.0. The predicted molar refractivity (Wildman–Crippen MR) is 104 cm³/mol. The van der Waals surface area contributed by atoms with Gasteiger partial charge >= 0.3 is 0 Å². The largest absolute Gasteiger partial charge is 0.346 e. The molecule has 0 saturated heterocycles. The summed E-state index contributed by atoms with van der Waals surface area (Å²) in [4.78, 5) is 25.2. The van der Waals surface area contributed by atoms with Crippen molar-refractivity contribution in [3.05, 3.63) is 48.8 Å². The standard InChI is InChI=1S/C19H23N5OS/c1-26-11-6-16(17-21-14-4-2-3-5-15(14)22-17)23-18(25)19(7-8-19)12-24-10-9-20-13-24/h2-5,9-10,13,16H,6-8,11-12H2,1H3,(H,21,22)(H,23,25)/t16-/m0/s1. The van der Waals surface area contributed by atoms with Crippen LogP contribution < -0.4 is 5.32 Å². The number of nitrogens with one attached hydrogen (secondary N) is 2. The summed E-state index contributed by atoms with van der Waals surface area (Å²) >= 11 is 1.78. The number of nitrogens with zero attached hydrogens (tertiary/aromatic N) is 3. The number of carbonyl (C=O) groups is 1. The van der Waals surface area contributed by atoms with Gasteiger partial charge in [-0.2, -0.15) is 11.8 Å². The molecule has 0 spiro atoms. The second-order valence-corrected chi connectivity index (χ2v) is 7.95. The minimum absolute atomic E-state index is 0.0948. The average Bonchev–Trinajstić information content (AvgIpc) is 3.07. The summed E-state index contributed by atoms with van der Waals surface area (Å²) in [5.41, 5.74) is 1.64. The molecule has 0 aliphatic heterocycles. The number of aromatic amines is 1. The molecular formula is C19H23N5OS. The molecule has 7 heteroatoms. The van der Waals surface area contributed by atoms with Crippen LogP contribution in [0.3, 0.4) is 0 Å². The zero-order chi connectivity index (χ0) is 18.0. The van der Waals surface area contributed by atoms with E-state index in [1.165, 1.54) is 0 Å². The van der Waals surface area contributed by atoms with Crippen LogP contribution in [0.25, 0.3) is 11.0 Å². The lowest BCUT2D eigenvalue weighted by atomic mass is 10.0. The highest BCUT2D eigenvalue weighted by Crippen LogP contribution is 2.47. The lowest BCUT2D eigenvalue weighted by Gasteiger charge is -2.21. The van der Waals surface area contributed by atoms with Crippen molar-refractivity contribution in [1.82, 2.24) is 24.8 Å². The highest BCUT2D eigenvalue weighted by atomic mass is 32.2. The number of rotatable bonds is 8. The molecule has 1 aliphatic carbocycles. The predicted octanol–water partition coefficient (Wildman–Crippen LogP) is 3.15. The van der Waals surface area contributed by atoms with Crippen LogP contribution in [-0.2, 0) is 11.3 Å². The number of thioether (sulfide) groups is 1. The van der Waals surface area contributed by atoms with Gasteiger partial charge in [0.2, 0.25) is 5.91 Å². The molecule has 6 nitrogen and oxygen atoms in total. The Balaban J connectivity index is 1.52. The lowest BCUT2D eigenvalue weighted by molar-refractivity contribution is -0.127. The van der Waals surface area contributed by atoms with E-state index in [9.17, 15) is 4.79 Å². The molecule has 1 saturated carbocycles. The van der Waals surface area contributed by atoms with Crippen molar-refractivity contribution in [2.24, 2.45) is 5.41 Å². The first kappa shape index (κ1) is 17.1. The van der Waals surface area contributed by atoms with Crippen LogP contribution in [0.5, 0.6) is 0 Å². The van der Waals surface area contributed by atoms with Crippen LogP contribution in [0.2, 0.25) is 0 Å². The molecule has 0 radical (unpaired) electrons. The summed E-state index contributed by atoms with van der Waals surface area (Å²) in [5, 5.41) is 3.26. The molecule has 0 unspecified atom stereocenters. The van der Waals surface area contributed by atoms with Crippen LogP contribution in [0.15, 0.2) is 43.0 Å². The van der Waals surface area contributed by atoms with Gasteiger partial charge in [0.1, 0.15) is 5.82 Å². The number of H-pyrrole nitrogens is 1. The smallest absolute Gasteiger partial charge is 0.228 e. The Morgan fingerprint density at radius 2 is 2.27 bits per heavy atom. The van der Waals surface area contributed by atoms with Gasteiger partial charge in [-0.05, 0) is 43.4 Å². The first-order chi connectivity index (χ1) is 12.7. The SMILES string of the molecule is CSCC[C@H](NC(=O)C1(Cn2ccnc2)CC1)c1nc2ccccc2[nH]1. The minimum atomic E-state index is -0.301. The number of amides is 1. The monoisotopic (exact) mass is 369 g/mol. The number of aromatic nitrogens is 4. The number of hydrogen-bond donors (Lipinski definition) is 2.